The van der Waals surface area contributed by atoms with E-state index in [2.05, 4.69) is 0 Å². The van der Waals surface area contributed by atoms with Crippen molar-refractivity contribution in [3.05, 3.63) is 35.4 Å². The number of hydrogen-bond acceptors (Lipinski definition) is 2. The molecule has 0 fully saturated rings. The highest BCUT2D eigenvalue weighted by molar-refractivity contribution is 7.99. The molecular formula is C11H12F2O2S. The number of benzene rings is 1. The third-order valence-electron chi connectivity index (χ3n) is 2.08. The summed E-state index contributed by atoms with van der Waals surface area (Å²) in [4.78, 5) is 10.7. The van der Waals surface area contributed by atoms with E-state index >= 15 is 0 Å². The predicted octanol–water partition coefficient (Wildman–Crippen LogP) is 3.06. The molecule has 2 nitrogen and oxygen atoms in total. The molecule has 16 heavy (non-hydrogen) atoms. The summed E-state index contributed by atoms with van der Waals surface area (Å²) in [6.07, 6.45) is 0.504. The van der Waals surface area contributed by atoms with Crippen molar-refractivity contribution in [3.63, 3.8) is 0 Å². The zero-order valence-electron chi connectivity index (χ0n) is 8.74. The number of hydrogen-bond donors (Lipinski definition) is 1. The quantitative estimate of drug-likeness (QED) is 0.867. The molecule has 88 valence electrons. The van der Waals surface area contributed by atoms with Crippen LogP contribution >= 0.6 is 11.8 Å². The fourth-order valence-electron chi connectivity index (χ4n) is 1.19. The van der Waals surface area contributed by atoms with Crippen LogP contribution in [0.2, 0.25) is 0 Å². The van der Waals surface area contributed by atoms with Gasteiger partial charge in [-0.3, -0.25) is 4.79 Å². The molecule has 1 unspecified atom stereocenters. The van der Waals surface area contributed by atoms with Crippen LogP contribution in [0, 0.1) is 11.6 Å². The Morgan fingerprint density at radius 3 is 2.62 bits per heavy atom. The SMILES string of the molecule is CCC(SCc1ccc(F)c(F)c1)C(=O)O. The number of rotatable bonds is 5. The van der Waals surface area contributed by atoms with Crippen molar-refractivity contribution in [3.8, 4) is 0 Å². The molecule has 1 aromatic rings. The summed E-state index contributed by atoms with van der Waals surface area (Å²) in [5, 5.41) is 8.29. The second-order valence-corrected chi connectivity index (χ2v) is 4.49. The maximum absolute atomic E-state index is 12.8. The molecule has 5 heteroatoms. The second kappa shape index (κ2) is 5.84. The molecule has 0 heterocycles. The Balaban J connectivity index is 2.60. The highest BCUT2D eigenvalue weighted by Crippen LogP contribution is 2.21. The van der Waals surface area contributed by atoms with Crippen LogP contribution in [-0.4, -0.2) is 16.3 Å². The predicted molar refractivity (Wildman–Crippen MR) is 59.4 cm³/mol. The maximum Gasteiger partial charge on any atom is 0.316 e. The summed E-state index contributed by atoms with van der Waals surface area (Å²) in [5.41, 5.74) is 0.587. The van der Waals surface area contributed by atoms with Crippen LogP contribution in [-0.2, 0) is 10.5 Å². The third-order valence-corrected chi connectivity index (χ3v) is 3.52. The van der Waals surface area contributed by atoms with Crippen LogP contribution in [0.4, 0.5) is 8.78 Å². The van der Waals surface area contributed by atoms with Gasteiger partial charge < -0.3 is 5.11 Å². The van der Waals surface area contributed by atoms with Gasteiger partial charge >= 0.3 is 5.97 Å². The Morgan fingerprint density at radius 1 is 1.44 bits per heavy atom. The summed E-state index contributed by atoms with van der Waals surface area (Å²) < 4.78 is 25.5. The van der Waals surface area contributed by atoms with Crippen molar-refractivity contribution in [2.24, 2.45) is 0 Å². The zero-order valence-corrected chi connectivity index (χ0v) is 9.56. The van der Waals surface area contributed by atoms with Crippen molar-refractivity contribution < 1.29 is 18.7 Å². The lowest BCUT2D eigenvalue weighted by atomic mass is 10.2. The van der Waals surface area contributed by atoms with Gasteiger partial charge in [0.05, 0.1) is 0 Å². The van der Waals surface area contributed by atoms with Gasteiger partial charge in [-0.2, -0.15) is 0 Å². The van der Waals surface area contributed by atoms with Crippen LogP contribution in [0.5, 0.6) is 0 Å². The summed E-state index contributed by atoms with van der Waals surface area (Å²) in [7, 11) is 0. The number of thioether (sulfide) groups is 1. The molecule has 0 saturated heterocycles. The molecule has 0 aliphatic heterocycles. The first-order valence-corrected chi connectivity index (χ1v) is 5.87. The minimum atomic E-state index is -0.901. The lowest BCUT2D eigenvalue weighted by molar-refractivity contribution is -0.136. The van der Waals surface area contributed by atoms with Crippen LogP contribution in [0.1, 0.15) is 18.9 Å². The molecule has 0 spiro atoms. The summed E-state index contributed by atoms with van der Waals surface area (Å²) in [6.45, 7) is 1.77. The molecular weight excluding hydrogens is 234 g/mol. The van der Waals surface area contributed by atoms with E-state index in [1.54, 1.807) is 6.92 Å². The Kier molecular flexibility index (Phi) is 4.73. The first-order valence-electron chi connectivity index (χ1n) is 4.83. The minimum absolute atomic E-state index is 0.363. The molecule has 1 rings (SSSR count). The first kappa shape index (κ1) is 13.0. The highest BCUT2D eigenvalue weighted by Gasteiger charge is 2.15. The maximum atomic E-state index is 12.8. The van der Waals surface area contributed by atoms with Crippen LogP contribution in [0.25, 0.3) is 0 Å². The lowest BCUT2D eigenvalue weighted by Gasteiger charge is -2.09. The Morgan fingerprint density at radius 2 is 2.12 bits per heavy atom. The fourth-order valence-corrected chi connectivity index (χ4v) is 2.14. The zero-order chi connectivity index (χ0) is 12.1. The van der Waals surface area contributed by atoms with E-state index in [0.29, 0.717) is 17.7 Å². The van der Waals surface area contributed by atoms with Crippen LogP contribution < -0.4 is 0 Å². The van der Waals surface area contributed by atoms with Crippen molar-refractivity contribution in [2.75, 3.05) is 0 Å². The molecule has 0 bridgehead atoms. The monoisotopic (exact) mass is 246 g/mol. The Hall–Kier alpha value is -1.10. The highest BCUT2D eigenvalue weighted by atomic mass is 32.2. The van der Waals surface area contributed by atoms with Gasteiger partial charge in [0.15, 0.2) is 11.6 Å². The van der Waals surface area contributed by atoms with Gasteiger partial charge in [-0.15, -0.1) is 11.8 Å². The Bertz CT molecular complexity index is 382. The van der Waals surface area contributed by atoms with Crippen molar-refractivity contribution >= 4 is 17.7 Å². The molecule has 0 saturated carbocycles. The number of carbonyl (C=O) groups is 1. The number of carboxylic acid groups (broad SMARTS) is 1. The first-order chi connectivity index (χ1) is 7.54. The summed E-state index contributed by atoms with van der Waals surface area (Å²) >= 11 is 1.21. The van der Waals surface area contributed by atoms with E-state index in [1.165, 1.54) is 17.8 Å². The smallest absolute Gasteiger partial charge is 0.316 e. The standard InChI is InChI=1S/C11H12F2O2S/c1-2-10(11(14)15)16-6-7-3-4-8(12)9(13)5-7/h3-5,10H,2,6H2,1H3,(H,14,15). The van der Waals surface area contributed by atoms with E-state index in [0.717, 1.165) is 12.1 Å². The number of aliphatic carboxylic acids is 1. The molecule has 0 aromatic heterocycles. The van der Waals surface area contributed by atoms with E-state index in [4.69, 9.17) is 5.11 Å². The van der Waals surface area contributed by atoms with Crippen molar-refractivity contribution in [1.82, 2.24) is 0 Å². The number of carboxylic acids is 1. The molecule has 1 aromatic carbocycles. The molecule has 0 aliphatic rings. The van der Waals surface area contributed by atoms with Gasteiger partial charge in [-0.05, 0) is 24.1 Å². The van der Waals surface area contributed by atoms with Gasteiger partial charge in [0.2, 0.25) is 0 Å². The van der Waals surface area contributed by atoms with Gasteiger partial charge in [0.25, 0.3) is 0 Å². The van der Waals surface area contributed by atoms with E-state index in [9.17, 15) is 13.6 Å². The third kappa shape index (κ3) is 3.48. The molecule has 1 N–H and O–H groups in total. The molecule has 0 radical (unpaired) electrons. The summed E-state index contributed by atoms with van der Waals surface area (Å²) in [5.74, 6) is -2.31. The molecule has 0 aliphatic carbocycles. The summed E-state index contributed by atoms with van der Waals surface area (Å²) in [6, 6.07) is 3.60. The average Bonchev–Trinajstić information content (AvgIpc) is 2.23. The van der Waals surface area contributed by atoms with Crippen molar-refractivity contribution in [1.29, 1.82) is 0 Å². The topological polar surface area (TPSA) is 37.3 Å². The normalized spacial score (nSPS) is 12.4. The Labute approximate surface area is 96.7 Å². The molecule has 1 atom stereocenters. The van der Waals surface area contributed by atoms with Crippen molar-refractivity contribution in [2.45, 2.75) is 24.3 Å². The minimum Gasteiger partial charge on any atom is -0.480 e. The van der Waals surface area contributed by atoms with Crippen LogP contribution in [0.15, 0.2) is 18.2 Å². The van der Waals surface area contributed by atoms with Gasteiger partial charge in [0.1, 0.15) is 5.25 Å². The molecule has 0 amide bonds. The lowest BCUT2D eigenvalue weighted by Crippen LogP contribution is -2.15. The van der Waals surface area contributed by atoms with E-state index < -0.39 is 22.9 Å². The van der Waals surface area contributed by atoms with E-state index in [1.807, 2.05) is 0 Å². The largest absolute Gasteiger partial charge is 0.480 e. The van der Waals surface area contributed by atoms with Gasteiger partial charge in [-0.1, -0.05) is 13.0 Å². The van der Waals surface area contributed by atoms with E-state index in [-0.39, 0.29) is 0 Å². The van der Waals surface area contributed by atoms with Gasteiger partial charge in [-0.25, -0.2) is 8.78 Å². The second-order valence-electron chi connectivity index (χ2n) is 3.29. The van der Waals surface area contributed by atoms with Gasteiger partial charge in [0, 0.05) is 5.75 Å². The van der Waals surface area contributed by atoms with Crippen LogP contribution in [0.3, 0.4) is 0 Å². The average molecular weight is 246 g/mol. The fraction of sp³-hybridized carbons (Fsp3) is 0.364. The number of halogens is 2.